The molecule has 3 rings (SSSR count). The number of halogens is 2. The first kappa shape index (κ1) is 20.6. The van der Waals surface area contributed by atoms with E-state index in [-0.39, 0.29) is 0 Å². The SMILES string of the molecule is C/C(=N\c1cc(Br)ccc1C)c1cccc(/C(C)=N/c2cc(Br)ccc2C)n1. The maximum Gasteiger partial charge on any atom is 0.0849 e. The van der Waals surface area contributed by atoms with Crippen LogP contribution in [0.2, 0.25) is 0 Å². The molecule has 0 spiro atoms. The number of rotatable bonds is 4. The minimum Gasteiger partial charge on any atom is -0.251 e. The van der Waals surface area contributed by atoms with Gasteiger partial charge in [-0.25, -0.2) is 4.98 Å². The molecule has 0 saturated carbocycles. The predicted octanol–water partition coefficient (Wildman–Crippen LogP) is 7.50. The Labute approximate surface area is 182 Å². The predicted molar refractivity (Wildman–Crippen MR) is 126 cm³/mol. The average molecular weight is 499 g/mol. The molecule has 5 heteroatoms. The lowest BCUT2D eigenvalue weighted by Gasteiger charge is -2.07. The summed E-state index contributed by atoms with van der Waals surface area (Å²) < 4.78 is 2.03. The van der Waals surface area contributed by atoms with Crippen LogP contribution in [0.25, 0.3) is 0 Å². The van der Waals surface area contributed by atoms with Gasteiger partial charge in [0.15, 0.2) is 0 Å². The number of nitrogens with zero attached hydrogens (tertiary/aromatic N) is 3. The number of benzene rings is 2. The number of aromatic nitrogens is 1. The summed E-state index contributed by atoms with van der Waals surface area (Å²) in [6.45, 7) is 8.08. The Balaban J connectivity index is 1.95. The molecule has 0 bridgehead atoms. The van der Waals surface area contributed by atoms with Crippen molar-refractivity contribution >= 4 is 54.7 Å². The van der Waals surface area contributed by atoms with Gasteiger partial charge in [-0.1, -0.05) is 50.1 Å². The summed E-state index contributed by atoms with van der Waals surface area (Å²) in [7, 11) is 0. The van der Waals surface area contributed by atoms with E-state index < -0.39 is 0 Å². The van der Waals surface area contributed by atoms with Crippen molar-refractivity contribution in [3.05, 3.63) is 86.1 Å². The summed E-state index contributed by atoms with van der Waals surface area (Å²) in [5.74, 6) is 0. The topological polar surface area (TPSA) is 37.6 Å². The van der Waals surface area contributed by atoms with Crippen molar-refractivity contribution in [2.75, 3.05) is 0 Å². The molecule has 3 aromatic rings. The molecule has 0 atom stereocenters. The standard InChI is InChI=1S/C23H21Br2N3/c1-14-8-10-18(24)12-22(14)26-16(3)20-6-5-7-21(28-20)17(4)27-23-13-19(25)11-9-15(23)2/h5-13H,1-4H3/b26-16+,27-17+. The molecule has 0 amide bonds. The molecule has 1 aromatic heterocycles. The molecule has 0 saturated heterocycles. The van der Waals surface area contributed by atoms with Crippen molar-refractivity contribution in [3.63, 3.8) is 0 Å². The van der Waals surface area contributed by atoms with Gasteiger partial charge in [-0.3, -0.25) is 9.98 Å². The van der Waals surface area contributed by atoms with Crippen molar-refractivity contribution in [2.45, 2.75) is 27.7 Å². The van der Waals surface area contributed by atoms with Gasteiger partial charge in [0.1, 0.15) is 0 Å². The molecule has 3 nitrogen and oxygen atoms in total. The zero-order chi connectivity index (χ0) is 20.3. The summed E-state index contributed by atoms with van der Waals surface area (Å²) >= 11 is 7.02. The minimum atomic E-state index is 0.845. The fraction of sp³-hybridized carbons (Fsp3) is 0.174. The highest BCUT2D eigenvalue weighted by Crippen LogP contribution is 2.25. The highest BCUT2D eigenvalue weighted by atomic mass is 79.9. The average Bonchev–Trinajstić information content (AvgIpc) is 2.67. The summed E-state index contributed by atoms with van der Waals surface area (Å²) in [6.07, 6.45) is 0. The van der Waals surface area contributed by atoms with Crippen LogP contribution in [0.15, 0.2) is 73.5 Å². The molecule has 0 unspecified atom stereocenters. The molecular formula is C23H21Br2N3. The Morgan fingerprint density at radius 2 is 1.14 bits per heavy atom. The third-order valence-corrected chi connectivity index (χ3v) is 5.40. The van der Waals surface area contributed by atoms with Crippen LogP contribution in [0.5, 0.6) is 0 Å². The quantitative estimate of drug-likeness (QED) is 0.343. The molecular weight excluding hydrogens is 478 g/mol. The van der Waals surface area contributed by atoms with Gasteiger partial charge in [-0.15, -0.1) is 0 Å². The fourth-order valence-electron chi connectivity index (χ4n) is 2.72. The van der Waals surface area contributed by atoms with Crippen LogP contribution in [0, 0.1) is 13.8 Å². The first-order valence-corrected chi connectivity index (χ1v) is 10.5. The largest absolute Gasteiger partial charge is 0.251 e. The number of pyridine rings is 1. The van der Waals surface area contributed by atoms with E-state index in [1.54, 1.807) is 0 Å². The summed E-state index contributed by atoms with van der Waals surface area (Å²) in [5, 5.41) is 0. The van der Waals surface area contributed by atoms with Crippen molar-refractivity contribution in [1.29, 1.82) is 0 Å². The number of hydrogen-bond acceptors (Lipinski definition) is 3. The summed E-state index contributed by atoms with van der Waals surface area (Å²) in [5.41, 5.74) is 7.56. The van der Waals surface area contributed by atoms with E-state index in [9.17, 15) is 0 Å². The van der Waals surface area contributed by atoms with Gasteiger partial charge >= 0.3 is 0 Å². The van der Waals surface area contributed by atoms with Gasteiger partial charge in [-0.2, -0.15) is 0 Å². The fourth-order valence-corrected chi connectivity index (χ4v) is 3.42. The maximum atomic E-state index is 4.78. The monoisotopic (exact) mass is 497 g/mol. The van der Waals surface area contributed by atoms with E-state index >= 15 is 0 Å². The van der Waals surface area contributed by atoms with Crippen LogP contribution in [0.4, 0.5) is 11.4 Å². The highest BCUT2D eigenvalue weighted by Gasteiger charge is 2.07. The van der Waals surface area contributed by atoms with Crippen LogP contribution >= 0.6 is 31.9 Å². The van der Waals surface area contributed by atoms with Gasteiger partial charge < -0.3 is 0 Å². The normalized spacial score (nSPS) is 12.4. The van der Waals surface area contributed by atoms with Crippen LogP contribution in [0.3, 0.4) is 0 Å². The Kier molecular flexibility index (Phi) is 6.57. The van der Waals surface area contributed by atoms with Gasteiger partial charge in [0, 0.05) is 8.95 Å². The number of aryl methyl sites for hydroxylation is 2. The van der Waals surface area contributed by atoms with E-state index in [1.807, 2.05) is 56.3 Å². The lowest BCUT2D eigenvalue weighted by molar-refractivity contribution is 1.23. The van der Waals surface area contributed by atoms with Crippen LogP contribution < -0.4 is 0 Å². The lowest BCUT2D eigenvalue weighted by Crippen LogP contribution is -2.05. The second-order valence-electron chi connectivity index (χ2n) is 6.66. The second-order valence-corrected chi connectivity index (χ2v) is 8.50. The van der Waals surface area contributed by atoms with E-state index in [0.29, 0.717) is 0 Å². The maximum absolute atomic E-state index is 4.78. The third-order valence-electron chi connectivity index (χ3n) is 4.41. The molecule has 0 aliphatic carbocycles. The van der Waals surface area contributed by atoms with Crippen molar-refractivity contribution in [1.82, 2.24) is 4.98 Å². The van der Waals surface area contributed by atoms with Gasteiger partial charge in [0.05, 0.1) is 34.2 Å². The zero-order valence-corrected chi connectivity index (χ0v) is 19.5. The van der Waals surface area contributed by atoms with Crippen LogP contribution in [-0.2, 0) is 0 Å². The van der Waals surface area contributed by atoms with Gasteiger partial charge in [-0.05, 0) is 75.2 Å². The van der Waals surface area contributed by atoms with Crippen LogP contribution in [0.1, 0.15) is 36.4 Å². The van der Waals surface area contributed by atoms with E-state index in [2.05, 4.69) is 57.8 Å². The molecule has 1 heterocycles. The number of hydrogen-bond donors (Lipinski definition) is 0. The minimum absolute atomic E-state index is 0.845. The summed E-state index contributed by atoms with van der Waals surface area (Å²) in [6, 6.07) is 18.1. The molecule has 0 radical (unpaired) electrons. The Bertz CT molecular complexity index is 1000. The van der Waals surface area contributed by atoms with E-state index in [4.69, 9.17) is 15.0 Å². The lowest BCUT2D eigenvalue weighted by atomic mass is 10.1. The van der Waals surface area contributed by atoms with E-state index in [1.165, 1.54) is 0 Å². The molecule has 28 heavy (non-hydrogen) atoms. The molecule has 0 N–H and O–H groups in total. The Hall–Kier alpha value is -2.11. The zero-order valence-electron chi connectivity index (χ0n) is 16.3. The molecule has 0 fully saturated rings. The van der Waals surface area contributed by atoms with Crippen molar-refractivity contribution in [3.8, 4) is 0 Å². The second kappa shape index (κ2) is 8.93. The molecule has 142 valence electrons. The van der Waals surface area contributed by atoms with Crippen molar-refractivity contribution in [2.24, 2.45) is 9.98 Å². The smallest absolute Gasteiger partial charge is 0.0849 e. The number of aliphatic imine (C=N–C) groups is 2. The Morgan fingerprint density at radius 1 is 0.714 bits per heavy atom. The van der Waals surface area contributed by atoms with E-state index in [0.717, 1.165) is 54.3 Å². The van der Waals surface area contributed by atoms with Crippen LogP contribution in [-0.4, -0.2) is 16.4 Å². The first-order chi connectivity index (χ1) is 13.3. The molecule has 2 aromatic carbocycles. The Morgan fingerprint density at radius 3 is 1.57 bits per heavy atom. The van der Waals surface area contributed by atoms with Crippen molar-refractivity contribution < 1.29 is 0 Å². The molecule has 0 aliphatic heterocycles. The van der Waals surface area contributed by atoms with Gasteiger partial charge in [0.2, 0.25) is 0 Å². The molecule has 0 aliphatic rings. The summed E-state index contributed by atoms with van der Waals surface area (Å²) in [4.78, 5) is 14.3. The third kappa shape index (κ3) is 5.03. The first-order valence-electron chi connectivity index (χ1n) is 8.94. The van der Waals surface area contributed by atoms with Gasteiger partial charge in [0.25, 0.3) is 0 Å². The highest BCUT2D eigenvalue weighted by molar-refractivity contribution is 9.10.